The summed E-state index contributed by atoms with van der Waals surface area (Å²) in [5.41, 5.74) is -0.0655. The fraction of sp³-hybridized carbons (Fsp3) is 0.917. The van der Waals surface area contributed by atoms with E-state index in [1.165, 1.54) is 0 Å². The molecule has 1 heterocycles. The normalized spacial score (nSPS) is 26.1. The second-order valence-electron chi connectivity index (χ2n) is 5.65. The molecule has 17 heavy (non-hydrogen) atoms. The maximum atomic E-state index is 12.0. The molecular weight excluding hydrogens is 220 g/mol. The third kappa shape index (κ3) is 5.02. The number of amides is 1. The molecule has 1 amide bonds. The smallest absolute Gasteiger partial charge is 0.236 e. The first-order valence-electron chi connectivity index (χ1n) is 6.11. The van der Waals surface area contributed by atoms with Crippen LogP contribution < -0.4 is 5.32 Å². The van der Waals surface area contributed by atoms with Gasteiger partial charge in [0, 0.05) is 18.6 Å². The Morgan fingerprint density at radius 1 is 1.47 bits per heavy atom. The first-order chi connectivity index (χ1) is 7.81. The molecule has 5 nitrogen and oxygen atoms in total. The molecular formula is C12H24N2O3. The highest BCUT2D eigenvalue weighted by Gasteiger charge is 2.28. The van der Waals surface area contributed by atoms with Crippen LogP contribution in [0.1, 0.15) is 27.7 Å². The van der Waals surface area contributed by atoms with Gasteiger partial charge in [0.2, 0.25) is 5.91 Å². The number of carbonyl (C=O) groups excluding carboxylic acids is 1. The number of hydrogen-bond acceptors (Lipinski definition) is 4. The molecule has 0 radical (unpaired) electrons. The number of nitrogens with zero attached hydrogens (tertiary/aromatic N) is 1. The zero-order valence-electron chi connectivity index (χ0n) is 11.2. The molecule has 0 saturated carbocycles. The fourth-order valence-electron chi connectivity index (χ4n) is 1.80. The van der Waals surface area contributed by atoms with Gasteiger partial charge in [0.25, 0.3) is 0 Å². The van der Waals surface area contributed by atoms with E-state index in [4.69, 9.17) is 9.84 Å². The van der Waals surface area contributed by atoms with E-state index in [1.807, 2.05) is 27.7 Å². The Morgan fingerprint density at radius 3 is 2.65 bits per heavy atom. The van der Waals surface area contributed by atoms with Crippen LogP contribution in [-0.2, 0) is 9.53 Å². The Balaban J connectivity index is 2.45. The van der Waals surface area contributed by atoms with Gasteiger partial charge in [0.05, 0.1) is 25.4 Å². The van der Waals surface area contributed by atoms with Gasteiger partial charge in [0.1, 0.15) is 0 Å². The summed E-state index contributed by atoms with van der Waals surface area (Å²) in [5.74, 6) is 0.0634. The van der Waals surface area contributed by atoms with Crippen LogP contribution in [0.5, 0.6) is 0 Å². The average Bonchev–Trinajstić information content (AvgIpc) is 2.23. The van der Waals surface area contributed by atoms with Crippen LogP contribution in [-0.4, -0.2) is 59.9 Å². The highest BCUT2D eigenvalue weighted by atomic mass is 16.5. The highest BCUT2D eigenvalue weighted by Crippen LogP contribution is 2.11. The van der Waals surface area contributed by atoms with E-state index >= 15 is 0 Å². The molecule has 0 spiro atoms. The van der Waals surface area contributed by atoms with Gasteiger partial charge < -0.3 is 20.1 Å². The van der Waals surface area contributed by atoms with Gasteiger partial charge in [-0.3, -0.25) is 4.79 Å². The van der Waals surface area contributed by atoms with Crippen LogP contribution in [0.25, 0.3) is 0 Å². The number of ether oxygens (including phenoxy) is 1. The summed E-state index contributed by atoms with van der Waals surface area (Å²) in [6, 6.07) is 0. The van der Waals surface area contributed by atoms with Crippen LogP contribution in [0.2, 0.25) is 0 Å². The lowest BCUT2D eigenvalue weighted by Crippen LogP contribution is -2.53. The van der Waals surface area contributed by atoms with Crippen molar-refractivity contribution < 1.29 is 14.6 Å². The SMILES string of the molecule is CC1CN(C(=O)CNC(C)(C)C)CC(CO)O1. The standard InChI is InChI=1S/C12H24N2O3/c1-9-6-14(7-10(8-15)17-9)11(16)5-13-12(2,3)4/h9-10,13,15H,5-8H2,1-4H3. The second-order valence-corrected chi connectivity index (χ2v) is 5.65. The lowest BCUT2D eigenvalue weighted by atomic mass is 10.1. The predicted octanol–water partition coefficient (Wildman–Crippen LogP) is -0.0173. The summed E-state index contributed by atoms with van der Waals surface area (Å²) >= 11 is 0. The number of nitrogens with one attached hydrogen (secondary N) is 1. The summed E-state index contributed by atoms with van der Waals surface area (Å²) < 4.78 is 5.50. The molecule has 0 aliphatic carbocycles. The minimum absolute atomic E-state index is 0.0144. The molecule has 2 unspecified atom stereocenters. The third-order valence-corrected chi connectivity index (χ3v) is 2.65. The zero-order valence-corrected chi connectivity index (χ0v) is 11.2. The molecule has 1 saturated heterocycles. The summed E-state index contributed by atoms with van der Waals surface area (Å²) in [4.78, 5) is 13.7. The van der Waals surface area contributed by atoms with Crippen molar-refractivity contribution in [1.29, 1.82) is 0 Å². The lowest BCUT2D eigenvalue weighted by Gasteiger charge is -2.36. The van der Waals surface area contributed by atoms with Gasteiger partial charge in [-0.25, -0.2) is 0 Å². The van der Waals surface area contributed by atoms with Crippen LogP contribution in [0.4, 0.5) is 0 Å². The highest BCUT2D eigenvalue weighted by molar-refractivity contribution is 5.78. The summed E-state index contributed by atoms with van der Waals surface area (Å²) in [7, 11) is 0. The number of aliphatic hydroxyl groups excluding tert-OH is 1. The Hall–Kier alpha value is -0.650. The topological polar surface area (TPSA) is 61.8 Å². The van der Waals surface area contributed by atoms with E-state index in [0.29, 0.717) is 19.6 Å². The molecule has 0 bridgehead atoms. The molecule has 1 fully saturated rings. The average molecular weight is 244 g/mol. The Bertz CT molecular complexity index is 263. The van der Waals surface area contributed by atoms with E-state index in [-0.39, 0.29) is 30.3 Å². The zero-order chi connectivity index (χ0) is 13.1. The lowest BCUT2D eigenvalue weighted by molar-refractivity contribution is -0.146. The van der Waals surface area contributed by atoms with Crippen molar-refractivity contribution >= 4 is 5.91 Å². The van der Waals surface area contributed by atoms with E-state index < -0.39 is 0 Å². The largest absolute Gasteiger partial charge is 0.394 e. The predicted molar refractivity (Wildman–Crippen MR) is 65.8 cm³/mol. The minimum Gasteiger partial charge on any atom is -0.394 e. The van der Waals surface area contributed by atoms with Gasteiger partial charge in [-0.15, -0.1) is 0 Å². The molecule has 0 aromatic rings. The summed E-state index contributed by atoms with van der Waals surface area (Å²) in [5, 5.41) is 12.3. The Kier molecular flexibility index (Phi) is 4.91. The quantitative estimate of drug-likeness (QED) is 0.732. The van der Waals surface area contributed by atoms with Crippen molar-refractivity contribution in [3.05, 3.63) is 0 Å². The van der Waals surface area contributed by atoms with E-state index in [0.717, 1.165) is 0 Å². The van der Waals surface area contributed by atoms with Crippen LogP contribution >= 0.6 is 0 Å². The minimum atomic E-state index is -0.252. The molecule has 1 aliphatic heterocycles. The molecule has 100 valence electrons. The fourth-order valence-corrected chi connectivity index (χ4v) is 1.80. The van der Waals surface area contributed by atoms with Gasteiger partial charge in [-0.2, -0.15) is 0 Å². The maximum Gasteiger partial charge on any atom is 0.236 e. The number of rotatable bonds is 3. The van der Waals surface area contributed by atoms with Crippen molar-refractivity contribution in [3.8, 4) is 0 Å². The monoisotopic (exact) mass is 244 g/mol. The van der Waals surface area contributed by atoms with E-state index in [9.17, 15) is 4.79 Å². The van der Waals surface area contributed by atoms with Gasteiger partial charge >= 0.3 is 0 Å². The number of carbonyl (C=O) groups is 1. The Morgan fingerprint density at radius 2 is 2.12 bits per heavy atom. The third-order valence-electron chi connectivity index (χ3n) is 2.65. The number of hydrogen-bond donors (Lipinski definition) is 2. The van der Waals surface area contributed by atoms with Crippen molar-refractivity contribution in [2.75, 3.05) is 26.2 Å². The molecule has 2 N–H and O–H groups in total. The summed E-state index contributed by atoms with van der Waals surface area (Å²) in [6.45, 7) is 9.36. The van der Waals surface area contributed by atoms with Crippen LogP contribution in [0.15, 0.2) is 0 Å². The van der Waals surface area contributed by atoms with E-state index in [2.05, 4.69) is 5.32 Å². The van der Waals surface area contributed by atoms with Crippen molar-refractivity contribution in [3.63, 3.8) is 0 Å². The number of morpholine rings is 1. The molecule has 2 atom stereocenters. The second kappa shape index (κ2) is 5.80. The first-order valence-corrected chi connectivity index (χ1v) is 6.11. The first kappa shape index (κ1) is 14.4. The summed E-state index contributed by atoms with van der Waals surface area (Å²) in [6.07, 6.45) is -0.267. The molecule has 0 aromatic heterocycles. The maximum absolute atomic E-state index is 12.0. The van der Waals surface area contributed by atoms with E-state index in [1.54, 1.807) is 4.90 Å². The molecule has 5 heteroatoms. The van der Waals surface area contributed by atoms with Gasteiger partial charge in [0.15, 0.2) is 0 Å². The Labute approximate surface area is 103 Å². The molecule has 0 aromatic carbocycles. The molecule has 1 rings (SSSR count). The van der Waals surface area contributed by atoms with Gasteiger partial charge in [-0.1, -0.05) is 0 Å². The van der Waals surface area contributed by atoms with Gasteiger partial charge in [-0.05, 0) is 27.7 Å². The molecule has 1 aliphatic rings. The van der Waals surface area contributed by atoms with Crippen molar-refractivity contribution in [2.45, 2.75) is 45.4 Å². The van der Waals surface area contributed by atoms with Crippen LogP contribution in [0.3, 0.4) is 0 Å². The van der Waals surface area contributed by atoms with Crippen LogP contribution in [0, 0.1) is 0 Å². The van der Waals surface area contributed by atoms with Crippen molar-refractivity contribution in [2.24, 2.45) is 0 Å². The number of aliphatic hydroxyl groups is 1. The van der Waals surface area contributed by atoms with Crippen molar-refractivity contribution in [1.82, 2.24) is 10.2 Å².